The minimum atomic E-state index is -3.77. The number of hydrogen-bond acceptors (Lipinski definition) is 6. The van der Waals surface area contributed by atoms with Gasteiger partial charge in [-0.05, 0) is 37.8 Å². The first-order valence-corrected chi connectivity index (χ1v) is 10.5. The van der Waals surface area contributed by atoms with Crippen LogP contribution in [0.5, 0.6) is 0 Å². The summed E-state index contributed by atoms with van der Waals surface area (Å²) in [5.41, 5.74) is 0. The predicted octanol–water partition coefficient (Wildman–Crippen LogP) is 1.72. The molecule has 1 aromatic rings. The molecular formula is C17H24N2O6S. The van der Waals surface area contributed by atoms with Crippen molar-refractivity contribution in [2.45, 2.75) is 68.5 Å². The van der Waals surface area contributed by atoms with Crippen molar-refractivity contribution in [3.63, 3.8) is 0 Å². The van der Waals surface area contributed by atoms with Crippen LogP contribution in [0.3, 0.4) is 0 Å². The Morgan fingerprint density at radius 3 is 2.38 bits per heavy atom. The lowest BCUT2D eigenvalue weighted by molar-refractivity contribution is -0.125. The Balaban J connectivity index is 1.48. The molecule has 8 nitrogen and oxygen atoms in total. The highest BCUT2D eigenvalue weighted by molar-refractivity contribution is 7.89. The summed E-state index contributed by atoms with van der Waals surface area (Å²) in [6.45, 7) is -0.418. The molecule has 1 amide bonds. The van der Waals surface area contributed by atoms with Gasteiger partial charge in [0.05, 0.1) is 0 Å². The van der Waals surface area contributed by atoms with Crippen LogP contribution in [0, 0.1) is 0 Å². The molecule has 3 rings (SSSR count). The maximum atomic E-state index is 12.0. The molecule has 0 bridgehead atoms. The molecule has 0 spiro atoms. The van der Waals surface area contributed by atoms with Gasteiger partial charge < -0.3 is 14.5 Å². The van der Waals surface area contributed by atoms with Crippen molar-refractivity contribution in [3.8, 4) is 0 Å². The average Bonchev–Trinajstić information content (AvgIpc) is 3.31. The molecule has 9 heteroatoms. The predicted molar refractivity (Wildman–Crippen MR) is 92.0 cm³/mol. The summed E-state index contributed by atoms with van der Waals surface area (Å²) in [4.78, 5) is 23.9. The number of hydrogen-bond donors (Lipinski definition) is 2. The Morgan fingerprint density at radius 1 is 1.04 bits per heavy atom. The molecule has 0 unspecified atom stereocenters. The van der Waals surface area contributed by atoms with Gasteiger partial charge in [-0.15, -0.1) is 0 Å². The summed E-state index contributed by atoms with van der Waals surface area (Å²) in [5.74, 6) is -1.47. The normalized spacial score (nSPS) is 18.9. The second-order valence-corrected chi connectivity index (χ2v) is 8.49. The zero-order valence-electron chi connectivity index (χ0n) is 14.5. The van der Waals surface area contributed by atoms with Crippen LogP contribution in [0.25, 0.3) is 0 Å². The summed E-state index contributed by atoms with van der Waals surface area (Å²) in [5, 5.41) is 2.54. The SMILES string of the molecule is O=C(COC(=O)c1ccc(S(=O)(=O)NC2CC2)o1)NC1CCCCCC1. The van der Waals surface area contributed by atoms with Gasteiger partial charge in [-0.3, -0.25) is 4.79 Å². The van der Waals surface area contributed by atoms with Gasteiger partial charge in [0, 0.05) is 12.1 Å². The fraction of sp³-hybridized carbons (Fsp3) is 0.647. The number of rotatable bonds is 7. The van der Waals surface area contributed by atoms with Crippen LogP contribution in [0.4, 0.5) is 0 Å². The first-order valence-electron chi connectivity index (χ1n) is 9.03. The van der Waals surface area contributed by atoms with Crippen molar-refractivity contribution < 1.29 is 27.2 Å². The molecule has 0 radical (unpaired) electrons. The molecule has 2 aliphatic carbocycles. The maximum absolute atomic E-state index is 12.0. The summed E-state index contributed by atoms with van der Waals surface area (Å²) in [7, 11) is -3.77. The Hall–Kier alpha value is -1.87. The Bertz CT molecular complexity index is 745. The Labute approximate surface area is 152 Å². The van der Waals surface area contributed by atoms with Gasteiger partial charge in [-0.25, -0.2) is 17.9 Å². The highest BCUT2D eigenvalue weighted by atomic mass is 32.2. The van der Waals surface area contributed by atoms with E-state index in [1.54, 1.807) is 0 Å². The van der Waals surface area contributed by atoms with Crippen LogP contribution in [-0.4, -0.2) is 39.0 Å². The third kappa shape index (κ3) is 5.31. The van der Waals surface area contributed by atoms with Crippen molar-refractivity contribution >= 4 is 21.9 Å². The van der Waals surface area contributed by atoms with Crippen molar-refractivity contribution in [2.24, 2.45) is 0 Å². The summed E-state index contributed by atoms with van der Waals surface area (Å²) in [6.07, 6.45) is 8.00. The third-order valence-electron chi connectivity index (χ3n) is 4.50. The van der Waals surface area contributed by atoms with Crippen LogP contribution in [0.2, 0.25) is 0 Å². The minimum Gasteiger partial charge on any atom is -0.450 e. The summed E-state index contributed by atoms with van der Waals surface area (Å²) >= 11 is 0. The lowest BCUT2D eigenvalue weighted by Crippen LogP contribution is -2.37. The van der Waals surface area contributed by atoms with Gasteiger partial charge in [-0.2, -0.15) is 0 Å². The van der Waals surface area contributed by atoms with E-state index < -0.39 is 22.6 Å². The van der Waals surface area contributed by atoms with Gasteiger partial charge in [0.15, 0.2) is 6.61 Å². The fourth-order valence-corrected chi connectivity index (χ4v) is 4.19. The molecule has 144 valence electrons. The van der Waals surface area contributed by atoms with Crippen molar-refractivity contribution in [2.75, 3.05) is 6.61 Å². The largest absolute Gasteiger partial charge is 0.450 e. The number of esters is 1. The van der Waals surface area contributed by atoms with Crippen LogP contribution < -0.4 is 10.0 Å². The van der Waals surface area contributed by atoms with Gasteiger partial charge in [0.1, 0.15) is 0 Å². The maximum Gasteiger partial charge on any atom is 0.374 e. The van der Waals surface area contributed by atoms with Crippen molar-refractivity contribution in [1.29, 1.82) is 0 Å². The molecule has 0 atom stereocenters. The lowest BCUT2D eigenvalue weighted by atomic mass is 10.1. The average molecular weight is 384 g/mol. The molecule has 0 saturated heterocycles. The van der Waals surface area contributed by atoms with Gasteiger partial charge in [-0.1, -0.05) is 25.7 Å². The molecule has 0 aromatic carbocycles. The highest BCUT2D eigenvalue weighted by Crippen LogP contribution is 2.23. The first kappa shape index (κ1) is 18.9. The standard InChI is InChI=1S/C17H24N2O6S/c20-15(18-12-5-3-1-2-4-6-12)11-24-17(21)14-9-10-16(25-14)26(22,23)19-13-7-8-13/h9-10,12-13,19H,1-8,11H2,(H,18,20). The molecule has 2 fully saturated rings. The molecule has 2 N–H and O–H groups in total. The molecule has 1 heterocycles. The number of sulfonamides is 1. The van der Waals surface area contributed by atoms with Crippen LogP contribution in [0.15, 0.2) is 21.6 Å². The fourth-order valence-electron chi connectivity index (χ4n) is 2.95. The third-order valence-corrected chi connectivity index (χ3v) is 5.89. The molecule has 2 saturated carbocycles. The van der Waals surface area contributed by atoms with Crippen molar-refractivity contribution in [3.05, 3.63) is 17.9 Å². The van der Waals surface area contributed by atoms with E-state index in [1.165, 1.54) is 25.0 Å². The van der Waals surface area contributed by atoms with Crippen LogP contribution in [0.1, 0.15) is 61.9 Å². The zero-order valence-corrected chi connectivity index (χ0v) is 15.3. The van der Waals surface area contributed by atoms with Gasteiger partial charge in [0.25, 0.3) is 15.9 Å². The van der Waals surface area contributed by atoms with Crippen LogP contribution in [-0.2, 0) is 19.6 Å². The molecule has 1 aromatic heterocycles. The monoisotopic (exact) mass is 384 g/mol. The molecule has 26 heavy (non-hydrogen) atoms. The number of furan rings is 1. The summed E-state index contributed by atoms with van der Waals surface area (Å²) < 4.78 is 36.5. The van der Waals surface area contributed by atoms with E-state index >= 15 is 0 Å². The Morgan fingerprint density at radius 2 is 1.73 bits per heavy atom. The smallest absolute Gasteiger partial charge is 0.374 e. The second kappa shape index (κ2) is 8.22. The quantitative estimate of drug-likeness (QED) is 0.546. The topological polar surface area (TPSA) is 115 Å². The molecule has 0 aliphatic heterocycles. The van der Waals surface area contributed by atoms with E-state index in [2.05, 4.69) is 10.0 Å². The van der Waals surface area contributed by atoms with Crippen molar-refractivity contribution in [1.82, 2.24) is 10.0 Å². The highest BCUT2D eigenvalue weighted by Gasteiger charge is 2.30. The molecular weight excluding hydrogens is 360 g/mol. The first-order chi connectivity index (χ1) is 12.4. The van der Waals surface area contributed by atoms with E-state index in [0.717, 1.165) is 38.5 Å². The van der Waals surface area contributed by atoms with E-state index in [0.29, 0.717) is 0 Å². The van der Waals surface area contributed by atoms with Crippen LogP contribution >= 0.6 is 0 Å². The number of amides is 1. The lowest BCUT2D eigenvalue weighted by Gasteiger charge is -2.15. The second-order valence-electron chi connectivity index (χ2n) is 6.85. The zero-order chi connectivity index (χ0) is 18.6. The van der Waals surface area contributed by atoms with Gasteiger partial charge >= 0.3 is 5.97 Å². The van der Waals surface area contributed by atoms with E-state index in [9.17, 15) is 18.0 Å². The van der Waals surface area contributed by atoms with E-state index in [1.807, 2.05) is 0 Å². The van der Waals surface area contributed by atoms with E-state index in [4.69, 9.17) is 9.15 Å². The number of carbonyl (C=O) groups excluding carboxylic acids is 2. The number of nitrogens with one attached hydrogen (secondary N) is 2. The summed E-state index contributed by atoms with van der Waals surface area (Å²) in [6, 6.07) is 2.49. The van der Waals surface area contributed by atoms with E-state index in [-0.39, 0.29) is 28.8 Å². The minimum absolute atomic E-state index is 0.0619. The number of carbonyl (C=O) groups is 2. The Kier molecular flexibility index (Phi) is 5.98. The number of ether oxygens (including phenoxy) is 1. The van der Waals surface area contributed by atoms with Gasteiger partial charge in [0.2, 0.25) is 10.9 Å². The molecule has 2 aliphatic rings.